The van der Waals surface area contributed by atoms with Crippen molar-refractivity contribution in [2.45, 2.75) is 27.2 Å². The molecule has 0 saturated heterocycles. The van der Waals surface area contributed by atoms with Crippen molar-refractivity contribution < 1.29 is 9.26 Å². The first-order valence-electron chi connectivity index (χ1n) is 12.1. The van der Waals surface area contributed by atoms with Crippen LogP contribution in [-0.2, 0) is 0 Å². The molecule has 1 aromatic carbocycles. The molecule has 10 heteroatoms. The minimum absolute atomic E-state index is 0.596. The summed E-state index contributed by atoms with van der Waals surface area (Å²) in [7, 11) is 1.94. The van der Waals surface area contributed by atoms with E-state index in [0.717, 1.165) is 69.1 Å². The number of hydrogen-bond donors (Lipinski definition) is 1. The summed E-state index contributed by atoms with van der Waals surface area (Å²) in [4.78, 5) is 18.9. The molecule has 5 aromatic rings. The Bertz CT molecular complexity index is 1540. The summed E-state index contributed by atoms with van der Waals surface area (Å²) in [6.07, 6.45) is 8.39. The van der Waals surface area contributed by atoms with Gasteiger partial charge in [0.05, 0.1) is 29.3 Å². The second-order valence-electron chi connectivity index (χ2n) is 8.71. The predicted octanol–water partition coefficient (Wildman–Crippen LogP) is 5.25. The van der Waals surface area contributed by atoms with E-state index in [4.69, 9.17) is 19.2 Å². The van der Waals surface area contributed by atoms with Gasteiger partial charge in [-0.3, -0.25) is 3.97 Å². The van der Waals surface area contributed by atoms with Crippen molar-refractivity contribution in [1.29, 1.82) is 0 Å². The zero-order valence-electron chi connectivity index (χ0n) is 21.6. The minimum atomic E-state index is 0.596. The van der Waals surface area contributed by atoms with Crippen LogP contribution in [0.25, 0.3) is 44.9 Å². The predicted molar refractivity (Wildman–Crippen MR) is 147 cm³/mol. The molecule has 190 valence electrons. The smallest absolute Gasteiger partial charge is 0.160 e. The fourth-order valence-corrected chi connectivity index (χ4v) is 4.93. The van der Waals surface area contributed by atoms with E-state index >= 15 is 0 Å². The molecule has 0 aliphatic carbocycles. The quantitative estimate of drug-likeness (QED) is 0.264. The zero-order chi connectivity index (χ0) is 25.9. The first-order valence-corrected chi connectivity index (χ1v) is 13.3. The summed E-state index contributed by atoms with van der Waals surface area (Å²) in [6.45, 7) is 7.40. The lowest BCUT2D eigenvalue weighted by atomic mass is 10.00. The molecule has 0 aliphatic rings. The van der Waals surface area contributed by atoms with Crippen LogP contribution in [0.5, 0.6) is 5.75 Å². The topological polar surface area (TPSA) is 104 Å². The highest BCUT2D eigenvalue weighted by Crippen LogP contribution is 2.38. The molecule has 4 aromatic heterocycles. The van der Waals surface area contributed by atoms with Crippen molar-refractivity contribution in [1.82, 2.24) is 34.4 Å². The number of aromatic nitrogens is 6. The second kappa shape index (κ2) is 10.7. The molecule has 0 unspecified atom stereocenters. The van der Waals surface area contributed by atoms with Crippen LogP contribution in [0.2, 0.25) is 0 Å². The Morgan fingerprint density at radius 3 is 2.73 bits per heavy atom. The molecule has 4 heterocycles. The molecule has 0 saturated carbocycles. The number of benzene rings is 1. The van der Waals surface area contributed by atoms with Crippen LogP contribution in [0.3, 0.4) is 0 Å². The summed E-state index contributed by atoms with van der Waals surface area (Å²) >= 11 is 1.58. The van der Waals surface area contributed by atoms with Gasteiger partial charge in [-0.25, -0.2) is 19.9 Å². The Morgan fingerprint density at radius 2 is 1.97 bits per heavy atom. The van der Waals surface area contributed by atoms with E-state index in [0.29, 0.717) is 18.2 Å². The molecule has 0 bridgehead atoms. The van der Waals surface area contributed by atoms with Gasteiger partial charge in [0.2, 0.25) is 0 Å². The third kappa shape index (κ3) is 4.82. The van der Waals surface area contributed by atoms with Gasteiger partial charge in [-0.15, -0.1) is 0 Å². The molecule has 0 atom stereocenters. The van der Waals surface area contributed by atoms with E-state index in [2.05, 4.69) is 26.6 Å². The maximum absolute atomic E-state index is 5.98. The fraction of sp³-hybridized carbons (Fsp3) is 0.296. The third-order valence-corrected chi connectivity index (χ3v) is 6.91. The van der Waals surface area contributed by atoms with Gasteiger partial charge in [0.25, 0.3) is 0 Å². The van der Waals surface area contributed by atoms with E-state index in [-0.39, 0.29) is 0 Å². The van der Waals surface area contributed by atoms with E-state index in [1.807, 2.05) is 68.5 Å². The van der Waals surface area contributed by atoms with Crippen molar-refractivity contribution in [2.24, 2.45) is 0 Å². The molecular formula is C27H29N7O2S. The van der Waals surface area contributed by atoms with Gasteiger partial charge >= 0.3 is 0 Å². The molecule has 5 rings (SSSR count). The van der Waals surface area contributed by atoms with Gasteiger partial charge < -0.3 is 14.6 Å². The molecule has 9 nitrogen and oxygen atoms in total. The van der Waals surface area contributed by atoms with Gasteiger partial charge in [0.1, 0.15) is 17.8 Å². The normalized spacial score (nSPS) is 11.4. The van der Waals surface area contributed by atoms with Crippen LogP contribution in [-0.4, -0.2) is 55.5 Å². The van der Waals surface area contributed by atoms with Crippen LogP contribution >= 0.6 is 11.9 Å². The monoisotopic (exact) mass is 515 g/mol. The van der Waals surface area contributed by atoms with Crippen molar-refractivity contribution in [3.63, 3.8) is 0 Å². The summed E-state index contributed by atoms with van der Waals surface area (Å²) in [5.74, 6) is 2.09. The molecule has 1 N–H and O–H groups in total. The molecule has 0 fully saturated rings. The lowest BCUT2D eigenvalue weighted by Gasteiger charge is -2.13. The van der Waals surface area contributed by atoms with E-state index in [1.54, 1.807) is 18.3 Å². The van der Waals surface area contributed by atoms with Crippen molar-refractivity contribution >= 4 is 23.0 Å². The highest BCUT2D eigenvalue weighted by atomic mass is 32.2. The lowest BCUT2D eigenvalue weighted by Crippen LogP contribution is -2.11. The Kier molecular flexibility index (Phi) is 7.20. The highest BCUT2D eigenvalue weighted by molar-refractivity contribution is 7.97. The summed E-state index contributed by atoms with van der Waals surface area (Å²) in [5.41, 5.74) is 6.85. The largest absolute Gasteiger partial charge is 0.494 e. The first-order chi connectivity index (χ1) is 18.0. The van der Waals surface area contributed by atoms with Crippen LogP contribution in [0.15, 0.2) is 47.5 Å². The maximum Gasteiger partial charge on any atom is 0.160 e. The molecule has 0 radical (unpaired) electrons. The summed E-state index contributed by atoms with van der Waals surface area (Å²) in [6, 6.07) is 7.91. The maximum atomic E-state index is 5.98. The van der Waals surface area contributed by atoms with Gasteiger partial charge in [-0.2, -0.15) is 0 Å². The number of nitrogens with one attached hydrogen (secondary N) is 1. The van der Waals surface area contributed by atoms with Crippen molar-refractivity contribution in [2.75, 3.05) is 26.5 Å². The SMILES string of the molecule is CNCCCOc1cccc(-c2nc(-c3c(C)noc3C)c(C)c(-c3cn(SC)c4ncncc34)n2)c1. The number of aryl methyl sites for hydroxylation is 2. The van der Waals surface area contributed by atoms with E-state index < -0.39 is 0 Å². The van der Waals surface area contributed by atoms with E-state index in [9.17, 15) is 0 Å². The van der Waals surface area contributed by atoms with Gasteiger partial charge in [-0.05, 0) is 64.9 Å². The number of rotatable bonds is 9. The average molecular weight is 516 g/mol. The Hall–Kier alpha value is -3.76. The zero-order valence-corrected chi connectivity index (χ0v) is 22.4. The third-order valence-electron chi connectivity index (χ3n) is 6.24. The van der Waals surface area contributed by atoms with Crippen molar-refractivity contribution in [3.8, 4) is 39.7 Å². The second-order valence-corrected chi connectivity index (χ2v) is 9.47. The van der Waals surface area contributed by atoms with Crippen LogP contribution in [0.4, 0.5) is 0 Å². The van der Waals surface area contributed by atoms with Crippen LogP contribution in [0, 0.1) is 20.8 Å². The Labute approximate surface area is 219 Å². The molecule has 37 heavy (non-hydrogen) atoms. The van der Waals surface area contributed by atoms with Gasteiger partial charge in [0, 0.05) is 40.7 Å². The summed E-state index contributed by atoms with van der Waals surface area (Å²) in [5, 5.41) is 8.25. The number of nitrogens with zero attached hydrogens (tertiary/aromatic N) is 6. The molecule has 0 aliphatic heterocycles. The molecule has 0 spiro atoms. The van der Waals surface area contributed by atoms with Crippen LogP contribution < -0.4 is 10.1 Å². The lowest BCUT2D eigenvalue weighted by molar-refractivity contribution is 0.310. The molecular weight excluding hydrogens is 486 g/mol. The Morgan fingerprint density at radius 1 is 1.14 bits per heavy atom. The highest BCUT2D eigenvalue weighted by Gasteiger charge is 2.23. The summed E-state index contributed by atoms with van der Waals surface area (Å²) < 4.78 is 13.5. The first kappa shape index (κ1) is 24.9. The fourth-order valence-electron chi connectivity index (χ4n) is 4.40. The molecule has 0 amide bonds. The Balaban J connectivity index is 1.70. The number of ether oxygens (including phenoxy) is 1. The average Bonchev–Trinajstić information content (AvgIpc) is 3.46. The number of hydrogen-bond acceptors (Lipinski definition) is 9. The van der Waals surface area contributed by atoms with Gasteiger partial charge in [-0.1, -0.05) is 17.3 Å². The van der Waals surface area contributed by atoms with Crippen molar-refractivity contribution in [3.05, 3.63) is 60.0 Å². The van der Waals surface area contributed by atoms with Gasteiger partial charge in [0.15, 0.2) is 11.5 Å². The van der Waals surface area contributed by atoms with Crippen LogP contribution in [0.1, 0.15) is 23.4 Å². The van der Waals surface area contributed by atoms with E-state index in [1.165, 1.54) is 0 Å². The number of fused-ring (bicyclic) bond motifs is 1. The standard InChI is InChI=1S/C27H29N7O2S/c1-16-24(22-14-34(37-5)27-21(22)13-29-15-30-27)31-26(32-25(16)23-17(2)33-36-18(23)3)19-8-6-9-20(12-19)35-11-7-10-28-4/h6,8-9,12-15,28H,7,10-11H2,1-5H3. The minimum Gasteiger partial charge on any atom is -0.494 e.